The minimum absolute atomic E-state index is 0.0683. The minimum Gasteiger partial charge on any atom is -0.462 e. The first-order chi connectivity index (χ1) is 12.4. The van der Waals surface area contributed by atoms with Gasteiger partial charge in [0.15, 0.2) is 5.54 Å². The predicted octanol–water partition coefficient (Wildman–Crippen LogP) is 3.58. The lowest BCUT2D eigenvalue weighted by Crippen LogP contribution is -2.60. The first kappa shape index (κ1) is 18.9. The molecule has 1 aromatic rings. The average molecular weight is 359 g/mol. The second-order valence-electron chi connectivity index (χ2n) is 7.83. The molecule has 0 atom stereocenters. The van der Waals surface area contributed by atoms with Crippen LogP contribution in [-0.4, -0.2) is 48.1 Å². The van der Waals surface area contributed by atoms with Crippen molar-refractivity contribution in [1.29, 1.82) is 0 Å². The molecule has 0 spiro atoms. The zero-order valence-corrected chi connectivity index (χ0v) is 16.5. The lowest BCUT2D eigenvalue weighted by Gasteiger charge is -2.40. The van der Waals surface area contributed by atoms with Crippen molar-refractivity contribution in [2.24, 2.45) is 0 Å². The zero-order chi connectivity index (χ0) is 18.9. The number of esters is 1. The molecular weight excluding hydrogens is 328 g/mol. The summed E-state index contributed by atoms with van der Waals surface area (Å²) in [5.41, 5.74) is 2.65. The van der Waals surface area contributed by atoms with Crippen LogP contribution in [0.1, 0.15) is 61.0 Å². The minimum atomic E-state index is -0.375. The molecule has 1 aliphatic carbocycles. The largest absolute Gasteiger partial charge is 0.462 e. The molecule has 1 heterocycles. The number of quaternary nitrogens is 1. The molecule has 2 aliphatic rings. The Morgan fingerprint density at radius 3 is 2.35 bits per heavy atom. The van der Waals surface area contributed by atoms with Gasteiger partial charge in [-0.3, -0.25) is 4.79 Å². The standard InChI is InChI=1S/C21H30N2O3/c1-5-23(11-7-8-12-23)21(9-10-21)20(25)22-18-16(4)13-15(3)14-17(18)19(24)26-6-2/h13-14H,5-12H2,1-4H3/p+1. The Kier molecular flexibility index (Phi) is 5.11. The van der Waals surface area contributed by atoms with E-state index in [9.17, 15) is 9.59 Å². The molecule has 142 valence electrons. The highest BCUT2D eigenvalue weighted by Gasteiger charge is 2.65. The van der Waals surface area contributed by atoms with Gasteiger partial charge in [0.2, 0.25) is 0 Å². The van der Waals surface area contributed by atoms with Crippen LogP contribution in [0.5, 0.6) is 0 Å². The fourth-order valence-electron chi connectivity index (χ4n) is 4.76. The third-order valence-electron chi connectivity index (χ3n) is 6.30. The highest BCUT2D eigenvalue weighted by Crippen LogP contribution is 2.50. The molecule has 5 nitrogen and oxygen atoms in total. The summed E-state index contributed by atoms with van der Waals surface area (Å²) in [6.45, 7) is 11.4. The summed E-state index contributed by atoms with van der Waals surface area (Å²) in [5, 5.41) is 3.13. The number of nitrogens with zero attached hydrogens (tertiary/aromatic N) is 1. The molecule has 0 unspecified atom stereocenters. The van der Waals surface area contributed by atoms with E-state index < -0.39 is 0 Å². The van der Waals surface area contributed by atoms with Gasteiger partial charge in [-0.05, 0) is 44.9 Å². The maximum absolute atomic E-state index is 13.3. The van der Waals surface area contributed by atoms with Crippen LogP contribution in [0.3, 0.4) is 0 Å². The molecule has 0 bridgehead atoms. The van der Waals surface area contributed by atoms with Crippen LogP contribution in [0, 0.1) is 13.8 Å². The normalized spacial score (nSPS) is 19.8. The van der Waals surface area contributed by atoms with E-state index in [4.69, 9.17) is 4.74 Å². The van der Waals surface area contributed by atoms with Gasteiger partial charge in [0.05, 0.1) is 37.5 Å². The topological polar surface area (TPSA) is 55.4 Å². The molecule has 1 aromatic carbocycles. The quantitative estimate of drug-likeness (QED) is 0.624. The second-order valence-corrected chi connectivity index (χ2v) is 7.83. The molecule has 5 heteroatoms. The summed E-state index contributed by atoms with van der Waals surface area (Å²) in [5.74, 6) is -0.307. The summed E-state index contributed by atoms with van der Waals surface area (Å²) >= 11 is 0. The number of likely N-dealkylation sites (N-methyl/N-ethyl adjacent to an activating group) is 1. The Morgan fingerprint density at radius 1 is 1.15 bits per heavy atom. The van der Waals surface area contributed by atoms with Gasteiger partial charge in [-0.1, -0.05) is 6.07 Å². The van der Waals surface area contributed by atoms with Crippen LogP contribution >= 0.6 is 0 Å². The zero-order valence-electron chi connectivity index (χ0n) is 16.5. The van der Waals surface area contributed by atoms with Crippen molar-refractivity contribution in [3.8, 4) is 0 Å². The lowest BCUT2D eigenvalue weighted by atomic mass is 10.0. The molecule has 26 heavy (non-hydrogen) atoms. The average Bonchev–Trinajstić information content (AvgIpc) is 3.29. The highest BCUT2D eigenvalue weighted by molar-refractivity contribution is 6.05. The van der Waals surface area contributed by atoms with Gasteiger partial charge >= 0.3 is 5.97 Å². The van der Waals surface area contributed by atoms with E-state index in [1.807, 2.05) is 19.9 Å². The molecule has 1 saturated carbocycles. The van der Waals surface area contributed by atoms with Gasteiger partial charge < -0.3 is 14.5 Å². The third kappa shape index (κ3) is 3.02. The summed E-state index contributed by atoms with van der Waals surface area (Å²) in [6, 6.07) is 3.80. The molecule has 0 radical (unpaired) electrons. The van der Waals surface area contributed by atoms with Crippen LogP contribution in [0.15, 0.2) is 12.1 Å². The van der Waals surface area contributed by atoms with Crippen LogP contribution in [-0.2, 0) is 9.53 Å². The summed E-state index contributed by atoms with van der Waals surface area (Å²) in [4.78, 5) is 25.8. The van der Waals surface area contributed by atoms with E-state index >= 15 is 0 Å². The molecule has 1 amide bonds. The molecule has 0 aromatic heterocycles. The number of benzene rings is 1. The van der Waals surface area contributed by atoms with Crippen LogP contribution in [0.25, 0.3) is 0 Å². The number of ether oxygens (including phenoxy) is 1. The van der Waals surface area contributed by atoms with Crippen molar-refractivity contribution in [1.82, 2.24) is 0 Å². The number of hydrogen-bond donors (Lipinski definition) is 1. The summed E-state index contributed by atoms with van der Waals surface area (Å²) in [6.07, 6.45) is 4.26. The molecule has 1 saturated heterocycles. The fraction of sp³-hybridized carbons (Fsp3) is 0.619. The number of aryl methyl sites for hydroxylation is 2. The number of nitrogens with one attached hydrogen (secondary N) is 1. The van der Waals surface area contributed by atoms with Gasteiger partial charge in [0, 0.05) is 25.7 Å². The molecular formula is C21H31N2O3+. The van der Waals surface area contributed by atoms with E-state index in [0.29, 0.717) is 17.9 Å². The molecule has 2 fully saturated rings. The number of anilines is 1. The van der Waals surface area contributed by atoms with Gasteiger partial charge in [-0.2, -0.15) is 0 Å². The lowest BCUT2D eigenvalue weighted by molar-refractivity contribution is -0.940. The van der Waals surface area contributed by atoms with Gasteiger partial charge in [-0.15, -0.1) is 0 Å². The predicted molar refractivity (Wildman–Crippen MR) is 102 cm³/mol. The monoisotopic (exact) mass is 359 g/mol. The Balaban J connectivity index is 1.91. The first-order valence-electron chi connectivity index (χ1n) is 9.85. The molecule has 1 aliphatic heterocycles. The van der Waals surface area contributed by atoms with Crippen LogP contribution < -0.4 is 5.32 Å². The first-order valence-corrected chi connectivity index (χ1v) is 9.85. The number of rotatable bonds is 6. The third-order valence-corrected chi connectivity index (χ3v) is 6.30. The SMILES string of the molecule is CCOC(=O)c1cc(C)cc(C)c1NC(=O)C1([N+]2(CC)CCCC2)CC1. The Morgan fingerprint density at radius 2 is 1.81 bits per heavy atom. The number of carbonyl (C=O) groups is 2. The Hall–Kier alpha value is -1.88. The van der Waals surface area contributed by atoms with Crippen LogP contribution in [0.4, 0.5) is 5.69 Å². The van der Waals surface area contributed by atoms with Crippen molar-refractivity contribution in [3.05, 3.63) is 28.8 Å². The van der Waals surface area contributed by atoms with Crippen molar-refractivity contribution in [3.63, 3.8) is 0 Å². The number of amides is 1. The van der Waals surface area contributed by atoms with E-state index in [-0.39, 0.29) is 17.4 Å². The van der Waals surface area contributed by atoms with E-state index in [2.05, 4.69) is 12.2 Å². The Bertz CT molecular complexity index is 716. The highest BCUT2D eigenvalue weighted by atomic mass is 16.5. The van der Waals surface area contributed by atoms with Crippen molar-refractivity contribution >= 4 is 17.6 Å². The van der Waals surface area contributed by atoms with E-state index in [1.165, 1.54) is 12.8 Å². The van der Waals surface area contributed by atoms with Crippen LogP contribution in [0.2, 0.25) is 0 Å². The fourth-order valence-corrected chi connectivity index (χ4v) is 4.76. The van der Waals surface area contributed by atoms with Gasteiger partial charge in [0.1, 0.15) is 0 Å². The molecule has 1 N–H and O–H groups in total. The summed E-state index contributed by atoms with van der Waals surface area (Å²) < 4.78 is 6.11. The second kappa shape index (κ2) is 7.03. The maximum Gasteiger partial charge on any atom is 0.340 e. The van der Waals surface area contributed by atoms with Crippen molar-refractivity contribution in [2.45, 2.75) is 58.9 Å². The number of hydrogen-bond acceptors (Lipinski definition) is 3. The van der Waals surface area contributed by atoms with Crippen molar-refractivity contribution < 1.29 is 18.8 Å². The number of likely N-dealkylation sites (tertiary alicyclic amines) is 1. The summed E-state index contributed by atoms with van der Waals surface area (Å²) in [7, 11) is 0. The van der Waals surface area contributed by atoms with E-state index in [1.54, 1.807) is 13.0 Å². The molecule has 3 rings (SSSR count). The van der Waals surface area contributed by atoms with Gasteiger partial charge in [0.25, 0.3) is 5.91 Å². The smallest absolute Gasteiger partial charge is 0.340 e. The van der Waals surface area contributed by atoms with Gasteiger partial charge in [-0.25, -0.2) is 4.79 Å². The van der Waals surface area contributed by atoms with Crippen molar-refractivity contribution in [2.75, 3.05) is 31.6 Å². The maximum atomic E-state index is 13.3. The number of carbonyl (C=O) groups excluding carboxylic acids is 2. The van der Waals surface area contributed by atoms with E-state index in [0.717, 1.165) is 48.1 Å². The Labute approximate surface area is 156 Å².